The molecule has 3 aromatic rings. The molecule has 13 N–H and O–H groups in total. The Morgan fingerprint density at radius 2 is 1.54 bits per heavy atom. The van der Waals surface area contributed by atoms with Crippen molar-refractivity contribution in [3.63, 3.8) is 0 Å². The van der Waals surface area contributed by atoms with E-state index in [2.05, 4.69) is 41.9 Å². The molecule has 362 valence electrons. The van der Waals surface area contributed by atoms with Crippen LogP contribution in [0.3, 0.4) is 0 Å². The van der Waals surface area contributed by atoms with Crippen molar-refractivity contribution < 1.29 is 43.8 Å². The van der Waals surface area contributed by atoms with E-state index in [1.165, 1.54) is 4.90 Å². The number of benzene rings is 2. The number of carboxylic acids is 1. The number of aliphatic imine (C=N–C) groups is 1. The minimum Gasteiger partial charge on any atom is -0.480 e. The molecule has 0 radical (unpaired) electrons. The number of carboxylic acid groups (broad SMARTS) is 1. The van der Waals surface area contributed by atoms with Crippen LogP contribution < -0.4 is 43.4 Å². The van der Waals surface area contributed by atoms with Crippen LogP contribution in [-0.2, 0) is 46.4 Å². The van der Waals surface area contributed by atoms with Gasteiger partial charge in [0, 0.05) is 49.6 Å². The number of aliphatic carboxylic acids is 1. The lowest BCUT2D eigenvalue weighted by Gasteiger charge is -2.32. The van der Waals surface area contributed by atoms with Crippen molar-refractivity contribution in [3.8, 4) is 0 Å². The van der Waals surface area contributed by atoms with Gasteiger partial charge < -0.3 is 58.1 Å². The van der Waals surface area contributed by atoms with Crippen molar-refractivity contribution in [2.75, 3.05) is 26.2 Å². The highest BCUT2D eigenvalue weighted by Gasteiger charge is 2.43. The Labute approximate surface area is 389 Å². The van der Waals surface area contributed by atoms with Gasteiger partial charge in [0.15, 0.2) is 5.96 Å². The minimum atomic E-state index is -1.28. The number of nitrogens with two attached hydrogens (primary N) is 2. The maximum atomic E-state index is 14.7. The first-order chi connectivity index (χ1) is 32.2. The number of hydrogen-bond donors (Lipinski definition) is 11. The fourth-order valence-corrected chi connectivity index (χ4v) is 9.30. The first-order valence-electron chi connectivity index (χ1n) is 23.3. The molecule has 2 aromatic carbocycles. The first-order valence-corrected chi connectivity index (χ1v) is 23.3. The summed E-state index contributed by atoms with van der Waals surface area (Å²) in [5, 5.41) is 38.3. The van der Waals surface area contributed by atoms with Gasteiger partial charge in [0.1, 0.15) is 30.2 Å². The van der Waals surface area contributed by atoms with Gasteiger partial charge in [-0.2, -0.15) is 0 Å². The molecule has 3 heterocycles. The van der Waals surface area contributed by atoms with E-state index < -0.39 is 90.3 Å². The van der Waals surface area contributed by atoms with Gasteiger partial charge in [-0.05, 0) is 61.6 Å². The quantitative estimate of drug-likeness (QED) is 0.0538. The fraction of sp³-hybridized carbons (Fsp3) is 0.532. The van der Waals surface area contributed by atoms with Gasteiger partial charge in [-0.25, -0.2) is 0 Å². The number of aromatic amines is 1. The lowest BCUT2D eigenvalue weighted by atomic mass is 9.84. The third-order valence-corrected chi connectivity index (χ3v) is 12.8. The Kier molecular flexibility index (Phi) is 18.1. The van der Waals surface area contributed by atoms with E-state index in [4.69, 9.17) is 11.5 Å². The van der Waals surface area contributed by atoms with Crippen LogP contribution >= 0.6 is 0 Å². The van der Waals surface area contributed by atoms with E-state index in [0.29, 0.717) is 6.42 Å². The number of carbonyl (C=O) groups excluding carboxylic acids is 6. The van der Waals surface area contributed by atoms with Gasteiger partial charge in [0.2, 0.25) is 35.4 Å². The highest BCUT2D eigenvalue weighted by molar-refractivity contribution is 5.97. The largest absolute Gasteiger partial charge is 0.480 e. The first kappa shape index (κ1) is 49.9. The predicted molar refractivity (Wildman–Crippen MR) is 249 cm³/mol. The van der Waals surface area contributed by atoms with Gasteiger partial charge in [-0.1, -0.05) is 80.6 Å². The highest BCUT2D eigenvalue weighted by Crippen LogP contribution is 2.28. The minimum absolute atomic E-state index is 0.00560. The molecule has 3 fully saturated rings. The van der Waals surface area contributed by atoms with Crippen LogP contribution in [0.2, 0.25) is 0 Å². The summed E-state index contributed by atoms with van der Waals surface area (Å²) in [6.45, 7) is -0.617. The summed E-state index contributed by atoms with van der Waals surface area (Å²) < 4.78 is 0. The molecule has 0 bridgehead atoms. The molecule has 20 heteroatoms. The predicted octanol–water partition coefficient (Wildman–Crippen LogP) is -0.169. The van der Waals surface area contributed by atoms with Crippen LogP contribution in [0.5, 0.6) is 0 Å². The summed E-state index contributed by atoms with van der Waals surface area (Å²) in [6.07, 6.45) is 6.03. The van der Waals surface area contributed by atoms with Crippen molar-refractivity contribution >= 4 is 58.3 Å². The molecule has 6 amide bonds. The Morgan fingerprint density at radius 1 is 0.836 bits per heavy atom. The zero-order valence-corrected chi connectivity index (χ0v) is 37.7. The summed E-state index contributed by atoms with van der Waals surface area (Å²) in [5.41, 5.74) is 13.4. The van der Waals surface area contributed by atoms with Crippen molar-refractivity contribution in [2.45, 2.75) is 126 Å². The van der Waals surface area contributed by atoms with E-state index in [1.807, 2.05) is 24.3 Å². The molecule has 2 aliphatic heterocycles. The van der Waals surface area contributed by atoms with Crippen molar-refractivity contribution in [3.05, 3.63) is 71.9 Å². The molecule has 3 aliphatic rings. The van der Waals surface area contributed by atoms with E-state index in [0.717, 1.165) is 54.1 Å². The lowest BCUT2D eigenvalue weighted by Crippen LogP contribution is -2.60. The second-order valence-corrected chi connectivity index (χ2v) is 17.8. The molecule has 6 rings (SSSR count). The van der Waals surface area contributed by atoms with Crippen LogP contribution in [0.25, 0.3) is 10.9 Å². The van der Waals surface area contributed by atoms with Gasteiger partial charge >= 0.3 is 5.97 Å². The number of aliphatic hydroxyl groups excluding tert-OH is 1. The number of rotatable bonds is 15. The molecule has 2 saturated heterocycles. The van der Waals surface area contributed by atoms with Gasteiger partial charge in [-0.3, -0.25) is 43.9 Å². The number of para-hydroxylation sites is 1. The molecule has 0 unspecified atom stereocenters. The number of aromatic nitrogens is 1. The van der Waals surface area contributed by atoms with Crippen LogP contribution in [-0.4, -0.2) is 136 Å². The number of hydrogen-bond acceptors (Lipinski definition) is 10. The second-order valence-electron chi connectivity index (χ2n) is 17.8. The monoisotopic (exact) mass is 927 g/mol. The maximum absolute atomic E-state index is 14.7. The van der Waals surface area contributed by atoms with Gasteiger partial charge in [-0.15, -0.1) is 0 Å². The van der Waals surface area contributed by atoms with Crippen LogP contribution in [0.4, 0.5) is 0 Å². The van der Waals surface area contributed by atoms with E-state index >= 15 is 0 Å². The van der Waals surface area contributed by atoms with Crippen molar-refractivity contribution in [2.24, 2.45) is 22.4 Å². The Balaban J connectivity index is 1.33. The average molecular weight is 928 g/mol. The zero-order valence-electron chi connectivity index (χ0n) is 37.7. The van der Waals surface area contributed by atoms with Crippen LogP contribution in [0.15, 0.2) is 65.8 Å². The van der Waals surface area contributed by atoms with E-state index in [1.54, 1.807) is 36.5 Å². The van der Waals surface area contributed by atoms with E-state index in [-0.39, 0.29) is 76.5 Å². The molecule has 0 spiro atoms. The Hall–Kier alpha value is -6.54. The number of nitrogens with one attached hydrogen (secondary N) is 7. The van der Waals surface area contributed by atoms with Crippen LogP contribution in [0, 0.1) is 5.92 Å². The maximum Gasteiger partial charge on any atom is 0.317 e. The summed E-state index contributed by atoms with van der Waals surface area (Å²) >= 11 is 0. The molecule has 1 saturated carbocycles. The number of H-pyrrole nitrogens is 1. The normalized spacial score (nSPS) is 24.3. The molecular formula is C47H65N11O9. The third-order valence-electron chi connectivity index (χ3n) is 12.8. The summed E-state index contributed by atoms with van der Waals surface area (Å²) in [7, 11) is 0. The summed E-state index contributed by atoms with van der Waals surface area (Å²) in [6, 6.07) is 9.41. The highest BCUT2D eigenvalue weighted by atomic mass is 16.4. The molecular weight excluding hydrogens is 863 g/mol. The van der Waals surface area contributed by atoms with Crippen molar-refractivity contribution in [1.29, 1.82) is 0 Å². The Bertz CT molecular complexity index is 2230. The molecule has 20 nitrogen and oxygen atoms in total. The standard InChI is InChI=1S/C47H65N11O9/c48-47(49)51-20-9-17-34-41(62)50-19-10-18-35(55-42(63)36(53-26-40(60)61)21-28-11-3-1-4-12-28)46(67)58-27-31(59)24-39(58)45(66)57-37(22-29-13-5-2-6-14-29)43(64)56-38(44(65)54-34)23-30-25-52-33-16-8-7-15-32(30)33/h1,3-4,7-8,11-12,15-16,25,29,31,34-39,52-53,59H,2,5-6,9-10,13-14,17-24,26-27H2,(H,50,62)(H,54,65)(H,55,63)(H,56,64)(H,57,66)(H,60,61)(H4,48,49,51)/t31-,34+,35+,36+,37-,38+,39+/m1/s1. The molecule has 1 aromatic heterocycles. The number of carbonyl (C=O) groups is 7. The Morgan fingerprint density at radius 3 is 2.28 bits per heavy atom. The molecule has 67 heavy (non-hydrogen) atoms. The van der Waals surface area contributed by atoms with Crippen molar-refractivity contribution in [1.82, 2.24) is 41.8 Å². The SMILES string of the molecule is NC(N)=NCCC[C@@H]1NC(=O)[C@H](Cc2c[nH]c3ccccc23)NC(=O)[C@@H](CC2CCCCC2)NC(=O)[C@@H]2C[C@@H](O)CN2C(=O)[C@@H](NC(=O)[C@H](Cc2ccccc2)NCC(=O)O)CCCNC1=O. The fourth-order valence-electron chi connectivity index (χ4n) is 9.30. The zero-order chi connectivity index (χ0) is 47.9. The number of nitrogens with zero attached hydrogens (tertiary/aromatic N) is 2. The number of guanidine groups is 1. The average Bonchev–Trinajstić information content (AvgIpc) is 3.92. The van der Waals surface area contributed by atoms with Crippen LogP contribution in [0.1, 0.15) is 81.8 Å². The van der Waals surface area contributed by atoms with Gasteiger partial charge in [0.05, 0.1) is 18.7 Å². The molecule has 7 atom stereocenters. The van der Waals surface area contributed by atoms with E-state index in [9.17, 15) is 43.8 Å². The molecule has 1 aliphatic carbocycles. The smallest absolute Gasteiger partial charge is 0.317 e. The summed E-state index contributed by atoms with van der Waals surface area (Å²) in [4.78, 5) is 106. The lowest BCUT2D eigenvalue weighted by molar-refractivity contribution is -0.143. The number of aliphatic hydroxyl groups is 1. The number of fused-ring (bicyclic) bond motifs is 2. The number of amides is 6. The van der Waals surface area contributed by atoms with Gasteiger partial charge in [0.25, 0.3) is 0 Å². The summed E-state index contributed by atoms with van der Waals surface area (Å²) in [5.74, 6) is -5.09. The second kappa shape index (κ2) is 24.3. The topological polar surface area (TPSA) is 316 Å². The third kappa shape index (κ3) is 14.5.